The van der Waals surface area contributed by atoms with E-state index in [1.807, 2.05) is 11.0 Å². The van der Waals surface area contributed by atoms with Gasteiger partial charge in [-0.05, 0) is 30.2 Å². The molecule has 1 aromatic carbocycles. The van der Waals surface area contributed by atoms with E-state index in [2.05, 4.69) is 29.2 Å². The topological polar surface area (TPSA) is 58.8 Å². The lowest BCUT2D eigenvalue weighted by Gasteiger charge is -2.33. The van der Waals surface area contributed by atoms with Gasteiger partial charge < -0.3 is 15.4 Å². The maximum Gasteiger partial charge on any atom is 0.225 e. The Kier molecular flexibility index (Phi) is 5.06. The molecule has 3 aliphatic rings. The van der Waals surface area contributed by atoms with Gasteiger partial charge in [-0.1, -0.05) is 30.3 Å². The second kappa shape index (κ2) is 7.44. The number of fused-ring (bicyclic) bond motifs is 1. The van der Waals surface area contributed by atoms with Gasteiger partial charge in [0.15, 0.2) is 0 Å². The van der Waals surface area contributed by atoms with Crippen molar-refractivity contribution in [2.24, 2.45) is 17.6 Å². The summed E-state index contributed by atoms with van der Waals surface area (Å²) < 4.78 is 5.88. The Morgan fingerprint density at radius 3 is 2.80 bits per heavy atom. The number of carbonyl (C=O) groups excluding carboxylic acids is 1. The van der Waals surface area contributed by atoms with E-state index in [1.54, 1.807) is 0 Å². The third kappa shape index (κ3) is 3.89. The summed E-state index contributed by atoms with van der Waals surface area (Å²) in [5, 5.41) is 0. The molecule has 2 N–H and O–H groups in total. The minimum absolute atomic E-state index is 0.0130. The van der Waals surface area contributed by atoms with Crippen LogP contribution in [-0.2, 0) is 16.1 Å². The van der Waals surface area contributed by atoms with Crippen LogP contribution in [0.5, 0.6) is 0 Å². The van der Waals surface area contributed by atoms with E-state index in [0.717, 1.165) is 39.1 Å². The van der Waals surface area contributed by atoms with Crippen LogP contribution >= 0.6 is 0 Å². The molecular weight excluding hydrogens is 314 g/mol. The molecule has 2 heterocycles. The molecule has 5 heteroatoms. The summed E-state index contributed by atoms with van der Waals surface area (Å²) in [5.41, 5.74) is 7.50. The third-order valence-corrected chi connectivity index (χ3v) is 6.14. The number of likely N-dealkylation sites (tertiary alicyclic amines) is 1. The zero-order valence-electron chi connectivity index (χ0n) is 14.8. The number of ether oxygens (including phenoxy) is 1. The number of nitrogens with zero attached hydrogens (tertiary/aromatic N) is 2. The van der Waals surface area contributed by atoms with E-state index in [4.69, 9.17) is 10.5 Å². The lowest BCUT2D eigenvalue weighted by Crippen LogP contribution is -2.44. The lowest BCUT2D eigenvalue weighted by molar-refractivity contribution is -0.135. The van der Waals surface area contributed by atoms with Gasteiger partial charge in [0.2, 0.25) is 5.91 Å². The molecule has 4 unspecified atom stereocenters. The number of rotatable bonds is 4. The summed E-state index contributed by atoms with van der Waals surface area (Å²) >= 11 is 0. The van der Waals surface area contributed by atoms with Crippen LogP contribution in [0.1, 0.15) is 24.8 Å². The number of amides is 1. The smallest absolute Gasteiger partial charge is 0.225 e. The fourth-order valence-electron chi connectivity index (χ4n) is 4.72. The normalized spacial score (nSPS) is 32.8. The van der Waals surface area contributed by atoms with Gasteiger partial charge >= 0.3 is 0 Å². The van der Waals surface area contributed by atoms with Gasteiger partial charge in [-0.3, -0.25) is 9.69 Å². The second-order valence-corrected chi connectivity index (χ2v) is 7.88. The molecular formula is C20H29N3O2. The first-order valence-corrected chi connectivity index (χ1v) is 9.60. The average Bonchev–Trinajstić information content (AvgIpc) is 3.19. The van der Waals surface area contributed by atoms with Gasteiger partial charge in [0.1, 0.15) is 0 Å². The van der Waals surface area contributed by atoms with Gasteiger partial charge in [0.05, 0.1) is 19.1 Å². The minimum atomic E-state index is 0.0130. The summed E-state index contributed by atoms with van der Waals surface area (Å²) in [6.07, 6.45) is 2.82. The standard InChI is InChI=1S/C20H29N3O2/c21-19-7-6-16-12-23(14-18(16)19)20(24)10-17-13-22(8-9-25-17)11-15-4-2-1-3-5-15/h1-5,16-19H,6-14,21H2. The Bertz CT molecular complexity index is 594. The molecule has 0 radical (unpaired) electrons. The number of carbonyl (C=O) groups is 1. The van der Waals surface area contributed by atoms with Crippen molar-refractivity contribution >= 4 is 5.91 Å². The Morgan fingerprint density at radius 1 is 1.16 bits per heavy atom. The van der Waals surface area contributed by atoms with Crippen LogP contribution in [0.25, 0.3) is 0 Å². The fourth-order valence-corrected chi connectivity index (χ4v) is 4.72. The highest BCUT2D eigenvalue weighted by molar-refractivity contribution is 5.77. The number of morpholine rings is 1. The highest BCUT2D eigenvalue weighted by Gasteiger charge is 2.42. The van der Waals surface area contributed by atoms with Crippen LogP contribution in [0.4, 0.5) is 0 Å². The molecule has 4 atom stereocenters. The van der Waals surface area contributed by atoms with Crippen molar-refractivity contribution in [2.75, 3.05) is 32.8 Å². The third-order valence-electron chi connectivity index (χ3n) is 6.14. The van der Waals surface area contributed by atoms with Crippen LogP contribution in [0.2, 0.25) is 0 Å². The van der Waals surface area contributed by atoms with Crippen molar-refractivity contribution in [1.29, 1.82) is 0 Å². The molecule has 5 nitrogen and oxygen atoms in total. The van der Waals surface area contributed by atoms with Crippen LogP contribution in [0.3, 0.4) is 0 Å². The van der Waals surface area contributed by atoms with Gasteiger partial charge in [-0.2, -0.15) is 0 Å². The van der Waals surface area contributed by atoms with Crippen LogP contribution in [0.15, 0.2) is 30.3 Å². The zero-order chi connectivity index (χ0) is 17.2. The molecule has 25 heavy (non-hydrogen) atoms. The van der Waals surface area contributed by atoms with E-state index in [9.17, 15) is 4.79 Å². The number of hydrogen-bond acceptors (Lipinski definition) is 4. The van der Waals surface area contributed by atoms with Crippen molar-refractivity contribution < 1.29 is 9.53 Å². The maximum absolute atomic E-state index is 12.7. The molecule has 1 amide bonds. The van der Waals surface area contributed by atoms with Crippen LogP contribution in [0, 0.1) is 11.8 Å². The van der Waals surface area contributed by atoms with Crippen molar-refractivity contribution in [1.82, 2.24) is 9.80 Å². The molecule has 4 rings (SSSR count). The van der Waals surface area contributed by atoms with Crippen molar-refractivity contribution in [3.05, 3.63) is 35.9 Å². The predicted molar refractivity (Wildman–Crippen MR) is 96.8 cm³/mol. The Labute approximate surface area is 150 Å². The second-order valence-electron chi connectivity index (χ2n) is 7.88. The zero-order valence-corrected chi connectivity index (χ0v) is 14.8. The number of nitrogens with two attached hydrogens (primary N) is 1. The molecule has 0 spiro atoms. The van der Waals surface area contributed by atoms with Gasteiger partial charge in [-0.25, -0.2) is 0 Å². The SMILES string of the molecule is NC1CCC2CN(C(=O)CC3CN(Cc4ccccc4)CCO3)CC12. The first kappa shape index (κ1) is 17.0. The predicted octanol–water partition coefficient (Wildman–Crippen LogP) is 1.47. The molecule has 1 aliphatic carbocycles. The molecule has 1 saturated carbocycles. The van der Waals surface area contributed by atoms with Crippen molar-refractivity contribution in [3.63, 3.8) is 0 Å². The van der Waals surface area contributed by atoms with Crippen LogP contribution < -0.4 is 5.73 Å². The molecule has 0 aromatic heterocycles. The molecule has 2 saturated heterocycles. The van der Waals surface area contributed by atoms with Crippen LogP contribution in [-0.4, -0.2) is 60.6 Å². The van der Waals surface area contributed by atoms with Crippen molar-refractivity contribution in [2.45, 2.75) is 38.0 Å². The van der Waals surface area contributed by atoms with E-state index in [1.165, 1.54) is 12.0 Å². The minimum Gasteiger partial charge on any atom is -0.375 e. The van der Waals surface area contributed by atoms with Gasteiger partial charge in [0.25, 0.3) is 0 Å². The molecule has 3 fully saturated rings. The van der Waals surface area contributed by atoms with E-state index < -0.39 is 0 Å². The van der Waals surface area contributed by atoms with E-state index >= 15 is 0 Å². The maximum atomic E-state index is 12.7. The first-order valence-electron chi connectivity index (χ1n) is 9.60. The molecule has 1 aromatic rings. The Morgan fingerprint density at radius 2 is 2.00 bits per heavy atom. The average molecular weight is 343 g/mol. The molecule has 136 valence electrons. The summed E-state index contributed by atoms with van der Waals surface area (Å²) in [4.78, 5) is 17.1. The number of hydrogen-bond donors (Lipinski definition) is 1. The Hall–Kier alpha value is -1.43. The largest absolute Gasteiger partial charge is 0.375 e. The quantitative estimate of drug-likeness (QED) is 0.899. The highest BCUT2D eigenvalue weighted by Crippen LogP contribution is 2.37. The highest BCUT2D eigenvalue weighted by atomic mass is 16.5. The number of benzene rings is 1. The van der Waals surface area contributed by atoms with Gasteiger partial charge in [0, 0.05) is 38.8 Å². The van der Waals surface area contributed by atoms with E-state index in [-0.39, 0.29) is 18.1 Å². The first-order chi connectivity index (χ1) is 12.2. The summed E-state index contributed by atoms with van der Waals surface area (Å²) in [7, 11) is 0. The van der Waals surface area contributed by atoms with Gasteiger partial charge in [-0.15, -0.1) is 0 Å². The van der Waals surface area contributed by atoms with E-state index in [0.29, 0.717) is 24.9 Å². The van der Waals surface area contributed by atoms with Crippen molar-refractivity contribution in [3.8, 4) is 0 Å². The summed E-state index contributed by atoms with van der Waals surface area (Å²) in [6.45, 7) is 5.16. The molecule has 0 bridgehead atoms. The monoisotopic (exact) mass is 343 g/mol. The molecule has 2 aliphatic heterocycles. The summed E-state index contributed by atoms with van der Waals surface area (Å²) in [6, 6.07) is 10.8. The lowest BCUT2D eigenvalue weighted by atomic mass is 9.98. The fraction of sp³-hybridized carbons (Fsp3) is 0.650. The summed E-state index contributed by atoms with van der Waals surface area (Å²) in [5.74, 6) is 1.39. The Balaban J connectivity index is 1.28.